The average Bonchev–Trinajstić information content (AvgIpc) is 2.90. The molecule has 0 radical (unpaired) electrons. The van der Waals surface area contributed by atoms with Gasteiger partial charge in [0.15, 0.2) is 0 Å². The lowest BCUT2D eigenvalue weighted by Crippen LogP contribution is -2.25. The number of carbonyl (C=O) groups excluding carboxylic acids is 2. The molecule has 2 rings (SSSR count). The van der Waals surface area contributed by atoms with E-state index in [0.29, 0.717) is 6.54 Å². The fourth-order valence-electron chi connectivity index (χ4n) is 1.12. The van der Waals surface area contributed by atoms with Gasteiger partial charge in [-0.25, -0.2) is 4.99 Å². The van der Waals surface area contributed by atoms with E-state index in [1.165, 1.54) is 12.8 Å². The number of nitrogens with zero attached hydrogens (tertiary/aromatic N) is 1. The highest BCUT2D eigenvalue weighted by molar-refractivity contribution is 6.45. The normalized spacial score (nSPS) is 21.3. The largest absolute Gasteiger partial charge is 0.316 e. The van der Waals surface area contributed by atoms with Crippen molar-refractivity contribution < 1.29 is 9.59 Å². The number of guanidine groups is 1. The molecule has 1 aliphatic carbocycles. The Morgan fingerprint density at radius 3 is 2.50 bits per heavy atom. The molecule has 2 N–H and O–H groups in total. The van der Waals surface area contributed by atoms with Crippen molar-refractivity contribution in [2.24, 2.45) is 10.9 Å². The number of hydrogen-bond donors (Lipinski definition) is 2. The number of amides is 2. The lowest BCUT2D eigenvalue weighted by Gasteiger charge is -1.92. The third-order valence-electron chi connectivity index (χ3n) is 2.06. The van der Waals surface area contributed by atoms with Gasteiger partial charge in [0, 0.05) is 0 Å². The first-order chi connectivity index (χ1) is 6.75. The van der Waals surface area contributed by atoms with Crippen molar-refractivity contribution in [1.82, 2.24) is 10.6 Å². The number of hydrogen-bond acceptors (Lipinski definition) is 3. The van der Waals surface area contributed by atoms with E-state index in [2.05, 4.69) is 21.7 Å². The van der Waals surface area contributed by atoms with Crippen LogP contribution in [0.1, 0.15) is 12.8 Å². The number of nitrogens with one attached hydrogen (secondary N) is 2. The lowest BCUT2D eigenvalue weighted by atomic mass is 10.4. The van der Waals surface area contributed by atoms with Gasteiger partial charge < -0.3 is 0 Å². The van der Waals surface area contributed by atoms with Gasteiger partial charge in [-0.2, -0.15) is 0 Å². The fourth-order valence-corrected chi connectivity index (χ4v) is 1.12. The Morgan fingerprint density at radius 2 is 1.93 bits per heavy atom. The van der Waals surface area contributed by atoms with Gasteiger partial charge in [-0.1, -0.05) is 12.2 Å². The predicted octanol–water partition coefficient (Wildman–Crippen LogP) is -0.445. The Hall–Kier alpha value is -1.65. The molecule has 0 bridgehead atoms. The number of allylic oxidation sites excluding steroid dienone is 1. The molecule has 5 nitrogen and oxygen atoms in total. The maximum Gasteiger partial charge on any atom is 0.316 e. The maximum atomic E-state index is 10.7. The minimum absolute atomic E-state index is 0.250. The molecule has 2 fully saturated rings. The van der Waals surface area contributed by atoms with Crippen molar-refractivity contribution in [2.45, 2.75) is 12.8 Å². The quantitative estimate of drug-likeness (QED) is 0.471. The Kier molecular flexibility index (Phi) is 2.30. The summed E-state index contributed by atoms with van der Waals surface area (Å²) in [4.78, 5) is 25.4. The summed E-state index contributed by atoms with van der Waals surface area (Å²) in [6.45, 7) is 0.492. The van der Waals surface area contributed by atoms with E-state index < -0.39 is 11.8 Å². The van der Waals surface area contributed by atoms with Crippen molar-refractivity contribution in [1.29, 1.82) is 0 Å². The summed E-state index contributed by atoms with van der Waals surface area (Å²) in [5, 5.41) is 4.65. The summed E-state index contributed by atoms with van der Waals surface area (Å²) in [6, 6.07) is 0. The second-order valence-electron chi connectivity index (χ2n) is 3.36. The van der Waals surface area contributed by atoms with E-state index in [1.807, 2.05) is 6.08 Å². The summed E-state index contributed by atoms with van der Waals surface area (Å²) >= 11 is 0. The van der Waals surface area contributed by atoms with Gasteiger partial charge in [-0.15, -0.1) is 0 Å². The van der Waals surface area contributed by atoms with Gasteiger partial charge in [0.1, 0.15) is 0 Å². The molecule has 1 heterocycles. The van der Waals surface area contributed by atoms with Crippen LogP contribution in [0.5, 0.6) is 0 Å². The molecule has 74 valence electrons. The van der Waals surface area contributed by atoms with Crippen LogP contribution in [0.25, 0.3) is 0 Å². The Labute approximate surface area is 81.3 Å². The molecule has 1 aliphatic heterocycles. The second kappa shape index (κ2) is 3.61. The lowest BCUT2D eigenvalue weighted by molar-refractivity contribution is -0.135. The van der Waals surface area contributed by atoms with Crippen LogP contribution in [0.3, 0.4) is 0 Å². The van der Waals surface area contributed by atoms with Crippen molar-refractivity contribution >= 4 is 17.8 Å². The van der Waals surface area contributed by atoms with Crippen LogP contribution in [0.2, 0.25) is 0 Å². The van der Waals surface area contributed by atoms with Crippen molar-refractivity contribution in [3.05, 3.63) is 12.2 Å². The van der Waals surface area contributed by atoms with Gasteiger partial charge in [-0.3, -0.25) is 20.2 Å². The Morgan fingerprint density at radius 1 is 1.29 bits per heavy atom. The summed E-state index contributed by atoms with van der Waals surface area (Å²) in [7, 11) is 0. The predicted molar refractivity (Wildman–Crippen MR) is 50.5 cm³/mol. The van der Waals surface area contributed by atoms with Crippen LogP contribution in [-0.2, 0) is 9.59 Å². The topological polar surface area (TPSA) is 70.6 Å². The van der Waals surface area contributed by atoms with E-state index in [4.69, 9.17) is 0 Å². The van der Waals surface area contributed by atoms with E-state index in [0.717, 1.165) is 5.92 Å². The van der Waals surface area contributed by atoms with Crippen molar-refractivity contribution in [3.63, 3.8) is 0 Å². The first-order valence-electron chi connectivity index (χ1n) is 4.59. The maximum absolute atomic E-state index is 10.7. The van der Waals surface area contributed by atoms with Crippen LogP contribution >= 0.6 is 0 Å². The average molecular weight is 193 g/mol. The van der Waals surface area contributed by atoms with Crippen LogP contribution < -0.4 is 10.6 Å². The van der Waals surface area contributed by atoms with Gasteiger partial charge in [0.05, 0.1) is 6.54 Å². The van der Waals surface area contributed by atoms with Crippen molar-refractivity contribution in [3.8, 4) is 0 Å². The Bertz CT molecular complexity index is 311. The molecule has 2 amide bonds. The zero-order chi connectivity index (χ0) is 9.97. The first kappa shape index (κ1) is 8.93. The summed E-state index contributed by atoms with van der Waals surface area (Å²) in [5.41, 5.74) is 0. The SMILES string of the molecule is O=C1NC(=NC/C=C/C2CC2)NC1=O. The molecular weight excluding hydrogens is 182 g/mol. The summed E-state index contributed by atoms with van der Waals surface area (Å²) in [5.74, 6) is -0.312. The summed E-state index contributed by atoms with van der Waals surface area (Å²) in [6.07, 6.45) is 6.59. The van der Waals surface area contributed by atoms with Gasteiger partial charge in [0.25, 0.3) is 0 Å². The number of carbonyl (C=O) groups is 2. The summed E-state index contributed by atoms with van der Waals surface area (Å²) < 4.78 is 0. The van der Waals surface area contributed by atoms with Crippen LogP contribution in [0, 0.1) is 5.92 Å². The molecule has 2 aliphatic rings. The first-order valence-corrected chi connectivity index (χ1v) is 4.59. The minimum atomic E-state index is -0.644. The van der Waals surface area contributed by atoms with E-state index in [1.54, 1.807) is 0 Å². The molecule has 0 aromatic heterocycles. The standard InChI is InChI=1S/C9H11N3O2/c13-7-8(14)12-9(11-7)10-5-1-2-6-3-4-6/h1-2,6H,3-5H2,(H2,10,11,12,13,14)/b2-1+. The number of rotatable bonds is 3. The molecule has 1 saturated heterocycles. The van der Waals surface area contributed by atoms with Crippen LogP contribution in [0.4, 0.5) is 0 Å². The zero-order valence-corrected chi connectivity index (χ0v) is 7.62. The molecule has 0 spiro atoms. The smallest absolute Gasteiger partial charge is 0.288 e. The minimum Gasteiger partial charge on any atom is -0.288 e. The molecule has 0 unspecified atom stereocenters. The molecular formula is C9H11N3O2. The van der Waals surface area contributed by atoms with Gasteiger partial charge in [-0.05, 0) is 18.8 Å². The molecule has 0 aromatic carbocycles. The highest BCUT2D eigenvalue weighted by Crippen LogP contribution is 2.29. The van der Waals surface area contributed by atoms with E-state index in [-0.39, 0.29) is 5.96 Å². The molecule has 1 saturated carbocycles. The molecule has 14 heavy (non-hydrogen) atoms. The Balaban J connectivity index is 1.80. The van der Waals surface area contributed by atoms with Crippen LogP contribution in [-0.4, -0.2) is 24.3 Å². The van der Waals surface area contributed by atoms with E-state index in [9.17, 15) is 9.59 Å². The molecule has 0 aromatic rings. The van der Waals surface area contributed by atoms with Gasteiger partial charge in [0.2, 0.25) is 5.96 Å². The monoisotopic (exact) mass is 193 g/mol. The van der Waals surface area contributed by atoms with Gasteiger partial charge >= 0.3 is 11.8 Å². The highest BCUT2D eigenvalue weighted by atomic mass is 16.2. The third-order valence-corrected chi connectivity index (χ3v) is 2.06. The third kappa shape index (κ3) is 2.18. The van der Waals surface area contributed by atoms with E-state index >= 15 is 0 Å². The van der Waals surface area contributed by atoms with Crippen molar-refractivity contribution in [2.75, 3.05) is 6.54 Å². The highest BCUT2D eigenvalue weighted by Gasteiger charge is 2.24. The molecule has 5 heteroatoms. The molecule has 0 atom stereocenters. The fraction of sp³-hybridized carbons (Fsp3) is 0.444. The van der Waals surface area contributed by atoms with Crippen LogP contribution in [0.15, 0.2) is 17.1 Å². The number of aliphatic imine (C=N–C) groups is 1. The second-order valence-corrected chi connectivity index (χ2v) is 3.36. The zero-order valence-electron chi connectivity index (χ0n) is 7.62.